The van der Waals surface area contributed by atoms with Crippen molar-refractivity contribution < 1.29 is 9.59 Å². The van der Waals surface area contributed by atoms with Gasteiger partial charge >= 0.3 is 59.1 Å². The van der Waals surface area contributed by atoms with Crippen LogP contribution in [0.5, 0.6) is 0 Å². The van der Waals surface area contributed by atoms with E-state index in [2.05, 4.69) is 10.6 Å². The Morgan fingerprint density at radius 3 is 1.15 bits per heavy atom. The molecule has 0 aromatic heterocycles. The third kappa shape index (κ3) is 6.09. The number of carbonyl (C=O) groups excluding carboxylic acids is 2. The molecule has 0 unspecified atom stereocenters. The number of para-hydroxylation sites is 2. The molecule has 0 heterocycles. The molecule has 3 aromatic rings. The third-order valence-electron chi connectivity index (χ3n) is 3.48. The van der Waals surface area contributed by atoms with E-state index in [0.29, 0.717) is 22.5 Å². The molecule has 0 aliphatic heterocycles. The molecular weight excluding hydrogens is 346 g/mol. The number of amides is 2. The number of rotatable bonds is 4. The quantitative estimate of drug-likeness (QED) is 0.700. The fourth-order valence-electron chi connectivity index (χ4n) is 2.32. The van der Waals surface area contributed by atoms with Gasteiger partial charge in [-0.1, -0.05) is 48.5 Å². The molecular formula is C20H18N2Na2O2. The number of benzene rings is 3. The van der Waals surface area contributed by atoms with Crippen LogP contribution in [0.3, 0.4) is 0 Å². The first-order valence-electron chi connectivity index (χ1n) is 7.56. The van der Waals surface area contributed by atoms with Gasteiger partial charge in [-0.2, -0.15) is 0 Å². The predicted molar refractivity (Wildman–Crippen MR) is 110 cm³/mol. The van der Waals surface area contributed by atoms with Crippen LogP contribution in [-0.2, 0) is 0 Å². The molecule has 0 aliphatic carbocycles. The molecule has 0 atom stereocenters. The van der Waals surface area contributed by atoms with Crippen molar-refractivity contribution in [2.75, 3.05) is 10.6 Å². The Bertz CT molecular complexity index is 783. The number of carbonyl (C=O) groups is 2. The number of hydrogen-bond donors (Lipinski definition) is 2. The Kier molecular flexibility index (Phi) is 9.88. The van der Waals surface area contributed by atoms with Crippen LogP contribution >= 0.6 is 0 Å². The van der Waals surface area contributed by atoms with Crippen molar-refractivity contribution in [1.82, 2.24) is 0 Å². The summed E-state index contributed by atoms with van der Waals surface area (Å²) in [5.41, 5.74) is 2.02. The van der Waals surface area contributed by atoms with Crippen LogP contribution in [0.1, 0.15) is 20.7 Å². The molecule has 26 heavy (non-hydrogen) atoms. The predicted octanol–water partition coefficient (Wildman–Crippen LogP) is 2.89. The van der Waals surface area contributed by atoms with Crippen LogP contribution in [0.2, 0.25) is 0 Å². The number of nitrogens with one attached hydrogen (secondary N) is 2. The second-order valence-electron chi connectivity index (χ2n) is 5.19. The van der Waals surface area contributed by atoms with Crippen molar-refractivity contribution in [2.45, 2.75) is 0 Å². The van der Waals surface area contributed by atoms with E-state index in [4.69, 9.17) is 0 Å². The molecule has 3 aromatic carbocycles. The van der Waals surface area contributed by atoms with E-state index in [1.54, 1.807) is 48.5 Å². The molecule has 0 radical (unpaired) electrons. The Hall–Kier alpha value is -1.40. The summed E-state index contributed by atoms with van der Waals surface area (Å²) in [7, 11) is 0. The van der Waals surface area contributed by atoms with E-state index >= 15 is 0 Å². The zero-order chi connectivity index (χ0) is 16.8. The fourth-order valence-corrected chi connectivity index (χ4v) is 2.32. The van der Waals surface area contributed by atoms with Gasteiger partial charge < -0.3 is 10.6 Å². The third-order valence-corrected chi connectivity index (χ3v) is 3.48. The minimum atomic E-state index is -0.319. The average Bonchev–Trinajstić information content (AvgIpc) is 2.63. The summed E-state index contributed by atoms with van der Waals surface area (Å²) in [4.78, 5) is 25.0. The molecule has 0 aliphatic rings. The van der Waals surface area contributed by atoms with Crippen LogP contribution < -0.4 is 10.6 Å². The SMILES string of the molecule is O=C(Nc1ccccc1)c1ccccc1C(=O)Nc1ccccc1.[NaH].[NaH]. The standard InChI is InChI=1S/C20H16N2O2.2Na.2H/c23-19(21-15-9-3-1-4-10-15)17-13-7-8-14-18(17)20(24)22-16-11-5-2-6-12-16;;;;/h1-14H,(H,21,23)(H,22,24);;;;. The van der Waals surface area contributed by atoms with Crippen molar-refractivity contribution in [2.24, 2.45) is 0 Å². The van der Waals surface area contributed by atoms with Crippen LogP contribution in [-0.4, -0.2) is 70.9 Å². The average molecular weight is 364 g/mol. The van der Waals surface area contributed by atoms with E-state index in [1.807, 2.05) is 36.4 Å². The van der Waals surface area contributed by atoms with Gasteiger partial charge in [-0.15, -0.1) is 0 Å². The molecule has 3 rings (SSSR count). The van der Waals surface area contributed by atoms with Crippen molar-refractivity contribution >= 4 is 82.3 Å². The normalized spacial score (nSPS) is 9.23. The van der Waals surface area contributed by atoms with Gasteiger partial charge in [0, 0.05) is 11.4 Å². The Morgan fingerprint density at radius 2 is 0.808 bits per heavy atom. The molecule has 0 fully saturated rings. The van der Waals surface area contributed by atoms with E-state index in [9.17, 15) is 9.59 Å². The Balaban J connectivity index is 0.00000169. The second kappa shape index (κ2) is 11.3. The second-order valence-corrected chi connectivity index (χ2v) is 5.19. The van der Waals surface area contributed by atoms with Crippen molar-refractivity contribution in [3.05, 3.63) is 96.1 Å². The first-order valence-corrected chi connectivity index (χ1v) is 7.56. The Labute approximate surface area is 197 Å². The van der Waals surface area contributed by atoms with Gasteiger partial charge in [0.05, 0.1) is 11.1 Å². The molecule has 0 saturated carbocycles. The zero-order valence-corrected chi connectivity index (χ0v) is 12.9. The summed E-state index contributed by atoms with van der Waals surface area (Å²) in [5, 5.41) is 5.60. The summed E-state index contributed by atoms with van der Waals surface area (Å²) >= 11 is 0. The fraction of sp³-hybridized carbons (Fsp3) is 0. The summed E-state index contributed by atoms with van der Waals surface area (Å²) in [6, 6.07) is 25.0. The van der Waals surface area contributed by atoms with Gasteiger partial charge in [-0.25, -0.2) is 0 Å². The number of hydrogen-bond acceptors (Lipinski definition) is 2. The molecule has 6 heteroatoms. The molecule has 0 saturated heterocycles. The van der Waals surface area contributed by atoms with E-state index in [-0.39, 0.29) is 70.9 Å². The maximum atomic E-state index is 12.5. The minimum absolute atomic E-state index is 0. The van der Waals surface area contributed by atoms with Crippen molar-refractivity contribution in [3.8, 4) is 0 Å². The van der Waals surface area contributed by atoms with Gasteiger partial charge in [-0.05, 0) is 36.4 Å². The van der Waals surface area contributed by atoms with Crippen LogP contribution in [0.25, 0.3) is 0 Å². The molecule has 0 spiro atoms. The van der Waals surface area contributed by atoms with E-state index < -0.39 is 0 Å². The number of anilines is 2. The molecule has 0 bridgehead atoms. The van der Waals surface area contributed by atoms with Gasteiger partial charge in [0.25, 0.3) is 11.8 Å². The van der Waals surface area contributed by atoms with Crippen molar-refractivity contribution in [1.29, 1.82) is 0 Å². The van der Waals surface area contributed by atoms with E-state index in [1.165, 1.54) is 0 Å². The molecule has 2 N–H and O–H groups in total. The van der Waals surface area contributed by atoms with Gasteiger partial charge in [-0.3, -0.25) is 9.59 Å². The molecule has 2 amide bonds. The molecule has 122 valence electrons. The summed E-state index contributed by atoms with van der Waals surface area (Å²) in [6.07, 6.45) is 0. The topological polar surface area (TPSA) is 58.2 Å². The van der Waals surface area contributed by atoms with E-state index in [0.717, 1.165) is 0 Å². The van der Waals surface area contributed by atoms with Crippen LogP contribution in [0.15, 0.2) is 84.9 Å². The first kappa shape index (κ1) is 22.6. The van der Waals surface area contributed by atoms with Gasteiger partial charge in [0.1, 0.15) is 0 Å². The van der Waals surface area contributed by atoms with Crippen LogP contribution in [0, 0.1) is 0 Å². The van der Waals surface area contributed by atoms with Crippen molar-refractivity contribution in [3.63, 3.8) is 0 Å². The monoisotopic (exact) mass is 364 g/mol. The summed E-state index contributed by atoms with van der Waals surface area (Å²) in [6.45, 7) is 0. The zero-order valence-electron chi connectivity index (χ0n) is 12.9. The van der Waals surface area contributed by atoms with Gasteiger partial charge in [0.2, 0.25) is 0 Å². The molecule has 4 nitrogen and oxygen atoms in total. The van der Waals surface area contributed by atoms with Crippen LogP contribution in [0.4, 0.5) is 11.4 Å². The summed E-state index contributed by atoms with van der Waals surface area (Å²) in [5.74, 6) is -0.639. The van der Waals surface area contributed by atoms with Gasteiger partial charge in [0.15, 0.2) is 0 Å². The Morgan fingerprint density at radius 1 is 0.500 bits per heavy atom. The summed E-state index contributed by atoms with van der Waals surface area (Å²) < 4.78 is 0. The first-order chi connectivity index (χ1) is 11.7. The maximum absolute atomic E-state index is 12.5.